The molecule has 1 aromatic carbocycles. The van der Waals surface area contributed by atoms with E-state index in [2.05, 4.69) is 37.6 Å². The van der Waals surface area contributed by atoms with Crippen molar-refractivity contribution >= 4 is 17.6 Å². The van der Waals surface area contributed by atoms with E-state index < -0.39 is 0 Å². The molecule has 2 aromatic rings. The largest absolute Gasteiger partial charge is 0.357 e. The first-order valence-electron chi connectivity index (χ1n) is 10.1. The number of halogens is 1. The van der Waals surface area contributed by atoms with Crippen LogP contribution in [-0.4, -0.2) is 60.3 Å². The molecule has 0 spiro atoms. The molecule has 0 unspecified atom stereocenters. The van der Waals surface area contributed by atoms with Gasteiger partial charge >= 0.3 is 0 Å². The third kappa shape index (κ3) is 6.49. The van der Waals surface area contributed by atoms with Crippen LogP contribution in [0.5, 0.6) is 0 Å². The molecular formula is C20H29ClN6O. The number of hydrogen-bond donors (Lipinski definition) is 2. The summed E-state index contributed by atoms with van der Waals surface area (Å²) in [5.74, 6) is 1.97. The third-order valence-corrected chi connectivity index (χ3v) is 4.90. The molecule has 0 aliphatic carbocycles. The van der Waals surface area contributed by atoms with Crippen molar-refractivity contribution in [2.75, 3.05) is 39.3 Å². The number of aromatic nitrogens is 2. The van der Waals surface area contributed by atoms with E-state index in [1.54, 1.807) is 0 Å². The molecule has 2 N–H and O–H groups in total. The topological polar surface area (TPSA) is 78.6 Å². The molecule has 1 aromatic heterocycles. The Labute approximate surface area is 171 Å². The standard InChI is InChI=1S/C20H29ClN6O/c1-2-22-20(24-11-14-27-12-4-3-5-13-27)23-10-9-18-25-19(26-28-18)16-7-6-8-17(21)15-16/h6-8,15H,2-5,9-14H2,1H3,(H2,22,23,24). The molecular weight excluding hydrogens is 376 g/mol. The number of benzene rings is 1. The lowest BCUT2D eigenvalue weighted by molar-refractivity contribution is 0.235. The van der Waals surface area contributed by atoms with E-state index in [9.17, 15) is 0 Å². The van der Waals surface area contributed by atoms with Crippen LogP contribution in [0.15, 0.2) is 33.8 Å². The van der Waals surface area contributed by atoms with Gasteiger partial charge in [-0.05, 0) is 45.0 Å². The fraction of sp³-hybridized carbons (Fsp3) is 0.550. The van der Waals surface area contributed by atoms with Gasteiger partial charge in [-0.2, -0.15) is 4.98 Å². The summed E-state index contributed by atoms with van der Waals surface area (Å²) in [5.41, 5.74) is 0.850. The molecule has 8 heteroatoms. The lowest BCUT2D eigenvalue weighted by Gasteiger charge is -2.25. The smallest absolute Gasteiger partial charge is 0.228 e. The average Bonchev–Trinajstić information content (AvgIpc) is 3.18. The van der Waals surface area contributed by atoms with Crippen molar-refractivity contribution in [2.24, 2.45) is 4.99 Å². The Morgan fingerprint density at radius 2 is 2.11 bits per heavy atom. The Morgan fingerprint density at radius 1 is 1.25 bits per heavy atom. The minimum Gasteiger partial charge on any atom is -0.357 e. The molecule has 1 aliphatic heterocycles. The zero-order chi connectivity index (χ0) is 19.6. The number of nitrogens with one attached hydrogen (secondary N) is 2. The normalized spacial score (nSPS) is 15.6. The molecule has 2 heterocycles. The van der Waals surface area contributed by atoms with Crippen molar-refractivity contribution in [3.63, 3.8) is 0 Å². The van der Waals surface area contributed by atoms with Gasteiger partial charge in [0.1, 0.15) is 0 Å². The van der Waals surface area contributed by atoms with Crippen LogP contribution in [0.3, 0.4) is 0 Å². The second kappa shape index (κ2) is 11.0. The van der Waals surface area contributed by atoms with Gasteiger partial charge in [0.2, 0.25) is 11.7 Å². The van der Waals surface area contributed by atoms with Gasteiger partial charge in [0.15, 0.2) is 5.96 Å². The quantitative estimate of drug-likeness (QED) is 0.520. The molecule has 1 fully saturated rings. The van der Waals surface area contributed by atoms with Gasteiger partial charge in [-0.25, -0.2) is 0 Å². The summed E-state index contributed by atoms with van der Waals surface area (Å²) in [6, 6.07) is 7.44. The second-order valence-electron chi connectivity index (χ2n) is 6.86. The maximum Gasteiger partial charge on any atom is 0.228 e. The van der Waals surface area contributed by atoms with E-state index in [-0.39, 0.29) is 0 Å². The number of likely N-dealkylation sites (tertiary alicyclic amines) is 1. The van der Waals surface area contributed by atoms with Gasteiger partial charge < -0.3 is 20.1 Å². The van der Waals surface area contributed by atoms with Crippen molar-refractivity contribution < 1.29 is 4.52 Å². The van der Waals surface area contributed by atoms with Gasteiger partial charge in [-0.15, -0.1) is 0 Å². The van der Waals surface area contributed by atoms with E-state index >= 15 is 0 Å². The highest BCUT2D eigenvalue weighted by atomic mass is 35.5. The highest BCUT2D eigenvalue weighted by molar-refractivity contribution is 6.30. The van der Waals surface area contributed by atoms with E-state index in [1.165, 1.54) is 32.4 Å². The summed E-state index contributed by atoms with van der Waals surface area (Å²) in [5, 5.41) is 11.3. The van der Waals surface area contributed by atoms with E-state index in [0.29, 0.717) is 29.7 Å². The maximum atomic E-state index is 6.02. The van der Waals surface area contributed by atoms with E-state index in [0.717, 1.165) is 31.2 Å². The summed E-state index contributed by atoms with van der Waals surface area (Å²) < 4.78 is 5.35. The minimum atomic E-state index is 0.555. The molecule has 0 bridgehead atoms. The zero-order valence-electron chi connectivity index (χ0n) is 16.5. The van der Waals surface area contributed by atoms with Crippen LogP contribution in [0.4, 0.5) is 0 Å². The van der Waals surface area contributed by atoms with Gasteiger partial charge in [-0.3, -0.25) is 4.99 Å². The number of piperidine rings is 1. The fourth-order valence-electron chi connectivity index (χ4n) is 3.22. The monoisotopic (exact) mass is 404 g/mol. The Balaban J connectivity index is 1.45. The van der Waals surface area contributed by atoms with Crippen LogP contribution in [0.2, 0.25) is 5.02 Å². The Kier molecular flexibility index (Phi) is 8.11. The number of guanidine groups is 1. The molecule has 1 saturated heterocycles. The van der Waals surface area contributed by atoms with Crippen molar-refractivity contribution in [3.8, 4) is 11.4 Å². The SMILES string of the molecule is CCNC(=NCCN1CCCCC1)NCCc1nc(-c2cccc(Cl)c2)no1. The van der Waals surface area contributed by atoms with Crippen molar-refractivity contribution in [1.82, 2.24) is 25.7 Å². The number of rotatable bonds is 8. The van der Waals surface area contributed by atoms with Crippen LogP contribution < -0.4 is 10.6 Å². The summed E-state index contributed by atoms with van der Waals surface area (Å²) in [6.45, 7) is 7.79. The molecule has 0 saturated carbocycles. The van der Waals surface area contributed by atoms with Gasteiger partial charge in [-0.1, -0.05) is 35.3 Å². The number of hydrogen-bond acceptors (Lipinski definition) is 5. The van der Waals surface area contributed by atoms with Crippen LogP contribution >= 0.6 is 11.6 Å². The van der Waals surface area contributed by atoms with Crippen LogP contribution in [0.25, 0.3) is 11.4 Å². The molecule has 0 radical (unpaired) electrons. The first-order valence-corrected chi connectivity index (χ1v) is 10.5. The highest BCUT2D eigenvalue weighted by Gasteiger charge is 2.10. The summed E-state index contributed by atoms with van der Waals surface area (Å²) in [7, 11) is 0. The first kappa shape index (κ1) is 20.6. The first-order chi connectivity index (χ1) is 13.7. The molecule has 0 atom stereocenters. The zero-order valence-corrected chi connectivity index (χ0v) is 17.2. The van der Waals surface area contributed by atoms with Gasteiger partial charge in [0.05, 0.1) is 6.54 Å². The van der Waals surface area contributed by atoms with Crippen molar-refractivity contribution in [1.29, 1.82) is 0 Å². The van der Waals surface area contributed by atoms with Crippen molar-refractivity contribution in [3.05, 3.63) is 35.2 Å². The minimum absolute atomic E-state index is 0.555. The summed E-state index contributed by atoms with van der Waals surface area (Å²) in [4.78, 5) is 11.6. The van der Waals surface area contributed by atoms with Crippen LogP contribution in [0, 0.1) is 0 Å². The maximum absolute atomic E-state index is 6.02. The predicted octanol–water partition coefficient (Wildman–Crippen LogP) is 2.97. The van der Waals surface area contributed by atoms with Crippen LogP contribution in [-0.2, 0) is 6.42 Å². The molecule has 28 heavy (non-hydrogen) atoms. The van der Waals surface area contributed by atoms with Gasteiger partial charge in [0.25, 0.3) is 0 Å². The van der Waals surface area contributed by atoms with Crippen LogP contribution in [0.1, 0.15) is 32.1 Å². The van der Waals surface area contributed by atoms with Gasteiger partial charge in [0, 0.05) is 36.6 Å². The summed E-state index contributed by atoms with van der Waals surface area (Å²) in [6.07, 6.45) is 4.61. The second-order valence-corrected chi connectivity index (χ2v) is 7.30. The molecule has 1 aliphatic rings. The molecule has 3 rings (SSSR count). The van der Waals surface area contributed by atoms with E-state index in [1.807, 2.05) is 24.3 Å². The molecule has 7 nitrogen and oxygen atoms in total. The molecule has 0 amide bonds. The predicted molar refractivity (Wildman–Crippen MR) is 113 cm³/mol. The lowest BCUT2D eigenvalue weighted by atomic mass is 10.1. The average molecular weight is 405 g/mol. The third-order valence-electron chi connectivity index (χ3n) is 4.66. The lowest BCUT2D eigenvalue weighted by Crippen LogP contribution is -2.39. The Bertz CT molecular complexity index is 757. The summed E-state index contributed by atoms with van der Waals surface area (Å²) >= 11 is 6.02. The van der Waals surface area contributed by atoms with E-state index in [4.69, 9.17) is 16.1 Å². The molecule has 152 valence electrons. The number of nitrogens with zero attached hydrogens (tertiary/aromatic N) is 4. The highest BCUT2D eigenvalue weighted by Crippen LogP contribution is 2.19. The Morgan fingerprint density at radius 3 is 2.89 bits per heavy atom. The van der Waals surface area contributed by atoms with Crippen molar-refractivity contribution in [2.45, 2.75) is 32.6 Å². The Hall–Kier alpha value is -2.12. The fourth-order valence-corrected chi connectivity index (χ4v) is 3.41. The number of aliphatic imine (C=N–C) groups is 1.